The van der Waals surface area contributed by atoms with Crippen LogP contribution in [0.25, 0.3) is 0 Å². The Morgan fingerprint density at radius 1 is 1.19 bits per heavy atom. The van der Waals surface area contributed by atoms with Gasteiger partial charge in [-0.25, -0.2) is 4.79 Å². The van der Waals surface area contributed by atoms with E-state index >= 15 is 0 Å². The number of urea groups is 1. The van der Waals surface area contributed by atoms with Gasteiger partial charge in [-0.2, -0.15) is 0 Å². The molecule has 1 rings (SSSR count). The molecule has 0 saturated heterocycles. The number of carbonyl (C=O) groups excluding carboxylic acids is 1. The van der Waals surface area contributed by atoms with Crippen LogP contribution < -0.4 is 5.32 Å². The summed E-state index contributed by atoms with van der Waals surface area (Å²) in [6, 6.07) is 7.85. The Morgan fingerprint density at radius 3 is 2.24 bits per heavy atom. The number of aryl methyl sites for hydroxylation is 1. The number of carboxylic acids is 1. The molecule has 0 aromatic heterocycles. The van der Waals surface area contributed by atoms with E-state index in [-0.39, 0.29) is 12.6 Å². The summed E-state index contributed by atoms with van der Waals surface area (Å²) in [4.78, 5) is 24.4. The summed E-state index contributed by atoms with van der Waals surface area (Å²) in [6.07, 6.45) is 0.989. The molecule has 0 aliphatic rings. The SMILES string of the molecule is CCc1ccc(CNC(=O)N(CC)CC(C)C(=O)O)cc1. The van der Waals surface area contributed by atoms with E-state index in [1.807, 2.05) is 31.2 Å². The minimum absolute atomic E-state index is 0.215. The third-order valence-electron chi connectivity index (χ3n) is 3.46. The van der Waals surface area contributed by atoms with Crippen molar-refractivity contribution in [1.82, 2.24) is 10.2 Å². The molecule has 5 nitrogen and oxygen atoms in total. The third-order valence-corrected chi connectivity index (χ3v) is 3.46. The van der Waals surface area contributed by atoms with E-state index in [4.69, 9.17) is 5.11 Å². The summed E-state index contributed by atoms with van der Waals surface area (Å²) >= 11 is 0. The van der Waals surface area contributed by atoms with E-state index in [9.17, 15) is 9.59 Å². The molecule has 0 fully saturated rings. The van der Waals surface area contributed by atoms with Gasteiger partial charge in [0.05, 0.1) is 5.92 Å². The maximum Gasteiger partial charge on any atom is 0.317 e. The first kappa shape index (κ1) is 17.0. The van der Waals surface area contributed by atoms with Crippen molar-refractivity contribution >= 4 is 12.0 Å². The smallest absolute Gasteiger partial charge is 0.317 e. The van der Waals surface area contributed by atoms with Crippen LogP contribution in [0.3, 0.4) is 0 Å². The monoisotopic (exact) mass is 292 g/mol. The van der Waals surface area contributed by atoms with Gasteiger partial charge >= 0.3 is 12.0 Å². The molecule has 0 aliphatic heterocycles. The second-order valence-electron chi connectivity index (χ2n) is 5.11. The minimum atomic E-state index is -0.892. The number of amides is 2. The molecule has 1 unspecified atom stereocenters. The van der Waals surface area contributed by atoms with Crippen molar-refractivity contribution in [2.75, 3.05) is 13.1 Å². The first-order chi connectivity index (χ1) is 9.97. The molecule has 21 heavy (non-hydrogen) atoms. The molecule has 2 N–H and O–H groups in total. The highest BCUT2D eigenvalue weighted by Crippen LogP contribution is 2.06. The van der Waals surface area contributed by atoms with Crippen molar-refractivity contribution in [2.45, 2.75) is 33.7 Å². The summed E-state index contributed by atoms with van der Waals surface area (Å²) in [6.45, 7) is 6.68. The van der Waals surface area contributed by atoms with Crippen molar-refractivity contribution in [3.63, 3.8) is 0 Å². The predicted molar refractivity (Wildman–Crippen MR) is 82.1 cm³/mol. The van der Waals surface area contributed by atoms with Gasteiger partial charge in [0.25, 0.3) is 0 Å². The van der Waals surface area contributed by atoms with Gasteiger partial charge in [-0.15, -0.1) is 0 Å². The highest BCUT2D eigenvalue weighted by atomic mass is 16.4. The van der Waals surface area contributed by atoms with Crippen LogP contribution in [0.2, 0.25) is 0 Å². The Balaban J connectivity index is 2.51. The van der Waals surface area contributed by atoms with Crippen LogP contribution in [0.4, 0.5) is 4.79 Å². The lowest BCUT2D eigenvalue weighted by molar-refractivity contribution is -0.141. The van der Waals surface area contributed by atoms with Crippen LogP contribution >= 0.6 is 0 Å². The number of benzene rings is 1. The summed E-state index contributed by atoms with van der Waals surface area (Å²) in [5.74, 6) is -1.46. The van der Waals surface area contributed by atoms with Gasteiger partial charge in [-0.05, 0) is 24.5 Å². The van der Waals surface area contributed by atoms with Gasteiger partial charge in [0.15, 0.2) is 0 Å². The van der Waals surface area contributed by atoms with E-state index in [1.54, 1.807) is 6.92 Å². The first-order valence-electron chi connectivity index (χ1n) is 7.31. The van der Waals surface area contributed by atoms with Crippen LogP contribution in [0.1, 0.15) is 31.9 Å². The molecule has 0 bridgehead atoms. The zero-order chi connectivity index (χ0) is 15.8. The lowest BCUT2D eigenvalue weighted by atomic mass is 10.1. The van der Waals surface area contributed by atoms with E-state index in [0.29, 0.717) is 13.1 Å². The average Bonchev–Trinajstić information content (AvgIpc) is 2.50. The standard InChI is InChI=1S/C16H24N2O3/c1-4-13-6-8-14(9-7-13)10-17-16(21)18(5-2)11-12(3)15(19)20/h6-9,12H,4-5,10-11H2,1-3H3,(H,17,21)(H,19,20). The summed E-state index contributed by atoms with van der Waals surface area (Å²) in [7, 11) is 0. The second kappa shape index (κ2) is 8.29. The minimum Gasteiger partial charge on any atom is -0.481 e. The number of rotatable bonds is 7. The molecule has 1 aromatic carbocycles. The number of hydrogen-bond acceptors (Lipinski definition) is 2. The maximum atomic E-state index is 12.1. The molecular weight excluding hydrogens is 268 g/mol. The Bertz CT molecular complexity index is 471. The quantitative estimate of drug-likeness (QED) is 0.811. The van der Waals surface area contributed by atoms with Crippen molar-refractivity contribution in [1.29, 1.82) is 0 Å². The molecule has 0 spiro atoms. The van der Waals surface area contributed by atoms with Crippen LogP contribution in [-0.4, -0.2) is 35.1 Å². The number of nitrogens with one attached hydrogen (secondary N) is 1. The molecule has 1 atom stereocenters. The number of carbonyl (C=O) groups is 2. The zero-order valence-electron chi connectivity index (χ0n) is 12.9. The van der Waals surface area contributed by atoms with Gasteiger partial charge in [-0.3, -0.25) is 4.79 Å². The van der Waals surface area contributed by atoms with E-state index in [2.05, 4.69) is 12.2 Å². The fourth-order valence-corrected chi connectivity index (χ4v) is 1.95. The molecule has 0 radical (unpaired) electrons. The molecular formula is C16H24N2O3. The molecule has 5 heteroatoms. The fraction of sp³-hybridized carbons (Fsp3) is 0.500. The van der Waals surface area contributed by atoms with Gasteiger partial charge < -0.3 is 15.3 Å². The molecule has 1 aromatic rings. The highest BCUT2D eigenvalue weighted by Gasteiger charge is 2.18. The summed E-state index contributed by atoms with van der Waals surface area (Å²) in [5.41, 5.74) is 2.29. The van der Waals surface area contributed by atoms with Gasteiger partial charge in [0, 0.05) is 19.6 Å². The van der Waals surface area contributed by atoms with Gasteiger partial charge in [0.2, 0.25) is 0 Å². The van der Waals surface area contributed by atoms with Crippen molar-refractivity contribution in [2.24, 2.45) is 5.92 Å². The fourth-order valence-electron chi connectivity index (χ4n) is 1.95. The van der Waals surface area contributed by atoms with Crippen LogP contribution in [-0.2, 0) is 17.8 Å². The van der Waals surface area contributed by atoms with E-state index < -0.39 is 11.9 Å². The average molecular weight is 292 g/mol. The van der Waals surface area contributed by atoms with E-state index in [0.717, 1.165) is 12.0 Å². The maximum absolute atomic E-state index is 12.1. The second-order valence-corrected chi connectivity index (χ2v) is 5.11. The normalized spacial score (nSPS) is 11.8. The number of carboxylic acid groups (broad SMARTS) is 1. The Kier molecular flexibility index (Phi) is 6.72. The van der Waals surface area contributed by atoms with Crippen molar-refractivity contribution in [3.05, 3.63) is 35.4 Å². The predicted octanol–water partition coefficient (Wildman–Crippen LogP) is 2.50. The molecule has 0 saturated carbocycles. The van der Waals surface area contributed by atoms with Crippen molar-refractivity contribution < 1.29 is 14.7 Å². The molecule has 0 heterocycles. The Hall–Kier alpha value is -2.04. The number of nitrogens with zero attached hydrogens (tertiary/aromatic N) is 1. The summed E-state index contributed by atoms with van der Waals surface area (Å²) < 4.78 is 0. The lowest BCUT2D eigenvalue weighted by Gasteiger charge is -2.23. The van der Waals surface area contributed by atoms with Gasteiger partial charge in [-0.1, -0.05) is 38.1 Å². The highest BCUT2D eigenvalue weighted by molar-refractivity contribution is 5.75. The Morgan fingerprint density at radius 2 is 1.76 bits per heavy atom. The van der Waals surface area contributed by atoms with E-state index in [1.165, 1.54) is 10.5 Å². The van der Waals surface area contributed by atoms with Crippen LogP contribution in [0.15, 0.2) is 24.3 Å². The molecule has 116 valence electrons. The third kappa shape index (κ3) is 5.45. The largest absolute Gasteiger partial charge is 0.481 e. The molecule has 2 amide bonds. The zero-order valence-corrected chi connectivity index (χ0v) is 12.9. The molecule has 0 aliphatic carbocycles. The lowest BCUT2D eigenvalue weighted by Crippen LogP contribution is -2.42. The topological polar surface area (TPSA) is 69.6 Å². The van der Waals surface area contributed by atoms with Crippen LogP contribution in [0.5, 0.6) is 0 Å². The number of hydrogen-bond donors (Lipinski definition) is 2. The van der Waals surface area contributed by atoms with Crippen molar-refractivity contribution in [3.8, 4) is 0 Å². The number of aliphatic carboxylic acids is 1. The first-order valence-corrected chi connectivity index (χ1v) is 7.31. The van der Waals surface area contributed by atoms with Gasteiger partial charge in [0.1, 0.15) is 0 Å². The van der Waals surface area contributed by atoms with Crippen LogP contribution in [0, 0.1) is 5.92 Å². The summed E-state index contributed by atoms with van der Waals surface area (Å²) in [5, 5.41) is 11.7. The Labute approximate surface area is 126 Å².